The van der Waals surface area contributed by atoms with Gasteiger partial charge in [-0.2, -0.15) is 0 Å². The van der Waals surface area contributed by atoms with E-state index in [4.69, 9.17) is 0 Å². The van der Waals surface area contributed by atoms with E-state index < -0.39 is 40.2 Å². The summed E-state index contributed by atoms with van der Waals surface area (Å²) in [5.41, 5.74) is 0.0729. The van der Waals surface area contributed by atoms with Crippen molar-refractivity contribution < 1.29 is 19.3 Å². The molecule has 2 fully saturated rings. The molecule has 0 saturated carbocycles. The van der Waals surface area contributed by atoms with Crippen LogP contribution in [0.2, 0.25) is 0 Å². The average molecular weight is 392 g/mol. The number of hydrogen-bond acceptors (Lipinski definition) is 6. The minimum atomic E-state index is -1.32. The van der Waals surface area contributed by atoms with Gasteiger partial charge in [0.15, 0.2) is 0 Å². The number of para-hydroxylation sites is 1. The summed E-state index contributed by atoms with van der Waals surface area (Å²) in [4.78, 5) is 51.0. The van der Waals surface area contributed by atoms with Crippen LogP contribution in [0.15, 0.2) is 48.5 Å². The molecule has 4 atom stereocenters. The summed E-state index contributed by atoms with van der Waals surface area (Å²) in [6.45, 7) is 1.78. The predicted octanol–water partition coefficient (Wildman–Crippen LogP) is 1.54. The zero-order chi connectivity index (χ0) is 20.5. The Balaban J connectivity index is 1.61. The molecule has 3 heterocycles. The topological polar surface area (TPSA) is 122 Å². The molecule has 2 saturated heterocycles. The Labute approximate surface area is 164 Å². The van der Waals surface area contributed by atoms with Crippen molar-refractivity contribution in [1.29, 1.82) is 0 Å². The number of fused-ring (bicyclic) bond motifs is 4. The third-order valence-electron chi connectivity index (χ3n) is 6.09. The van der Waals surface area contributed by atoms with Gasteiger partial charge in [-0.25, -0.2) is 4.90 Å². The molecule has 0 bridgehead atoms. The number of carbonyl (C=O) groups is 3. The van der Waals surface area contributed by atoms with Crippen LogP contribution in [0.3, 0.4) is 0 Å². The van der Waals surface area contributed by atoms with Crippen LogP contribution in [-0.4, -0.2) is 28.7 Å². The second-order valence-corrected chi connectivity index (χ2v) is 7.53. The largest absolute Gasteiger partial charge is 0.324 e. The van der Waals surface area contributed by atoms with E-state index in [0.29, 0.717) is 11.3 Å². The lowest BCUT2D eigenvalue weighted by molar-refractivity contribution is -0.384. The third kappa shape index (κ3) is 2.10. The van der Waals surface area contributed by atoms with Gasteiger partial charge in [-0.3, -0.25) is 29.8 Å². The quantitative estimate of drug-likeness (QED) is 0.454. The fraction of sp³-hybridized carbons (Fsp3) is 0.250. The van der Waals surface area contributed by atoms with Gasteiger partial charge in [-0.1, -0.05) is 18.2 Å². The number of rotatable bonds is 2. The van der Waals surface area contributed by atoms with Gasteiger partial charge in [-0.15, -0.1) is 0 Å². The number of nitrogens with one attached hydrogen (secondary N) is 2. The van der Waals surface area contributed by atoms with E-state index in [1.54, 1.807) is 31.2 Å². The first-order chi connectivity index (χ1) is 13.9. The van der Waals surface area contributed by atoms with Gasteiger partial charge >= 0.3 is 0 Å². The standard InChI is InChI=1S/C20H16N4O5/c1-10-15-16(20(22-10)13-4-2-3-5-14(13)21-19(20)27)18(26)23(17(15)25)11-6-8-12(9-7-11)24(28)29/h2-10,15-16,22H,1H3,(H,21,27)/t10-,15-,16+,20+/m1/s1. The number of carbonyl (C=O) groups excluding carboxylic acids is 3. The fourth-order valence-electron chi connectivity index (χ4n) is 4.90. The number of benzene rings is 2. The zero-order valence-corrected chi connectivity index (χ0v) is 15.3. The molecular formula is C20H16N4O5. The molecule has 146 valence electrons. The number of non-ortho nitro benzene ring substituents is 1. The first kappa shape index (κ1) is 17.5. The Morgan fingerprint density at radius 2 is 1.72 bits per heavy atom. The van der Waals surface area contributed by atoms with Gasteiger partial charge in [-0.05, 0) is 25.1 Å². The number of nitro benzene ring substituents is 1. The number of amides is 3. The lowest BCUT2D eigenvalue weighted by Gasteiger charge is -2.29. The molecule has 3 aliphatic rings. The molecule has 0 unspecified atom stereocenters. The molecule has 0 aliphatic carbocycles. The van der Waals surface area contributed by atoms with Crippen molar-refractivity contribution in [3.8, 4) is 0 Å². The molecule has 2 aromatic carbocycles. The second-order valence-electron chi connectivity index (χ2n) is 7.53. The van der Waals surface area contributed by atoms with Crippen molar-refractivity contribution in [1.82, 2.24) is 5.32 Å². The summed E-state index contributed by atoms with van der Waals surface area (Å²) in [6, 6.07) is 12.0. The van der Waals surface area contributed by atoms with Gasteiger partial charge in [0.05, 0.1) is 22.4 Å². The molecule has 29 heavy (non-hydrogen) atoms. The van der Waals surface area contributed by atoms with Crippen LogP contribution in [0.1, 0.15) is 12.5 Å². The Bertz CT molecular complexity index is 1100. The predicted molar refractivity (Wildman–Crippen MR) is 102 cm³/mol. The number of anilines is 2. The summed E-state index contributed by atoms with van der Waals surface area (Å²) in [6.07, 6.45) is 0. The maximum Gasteiger partial charge on any atom is 0.269 e. The maximum absolute atomic E-state index is 13.4. The Hall–Kier alpha value is -3.59. The van der Waals surface area contributed by atoms with Gasteiger partial charge in [0.25, 0.3) is 5.69 Å². The highest BCUT2D eigenvalue weighted by Gasteiger charge is 2.69. The summed E-state index contributed by atoms with van der Waals surface area (Å²) < 4.78 is 0. The Morgan fingerprint density at radius 1 is 1.03 bits per heavy atom. The summed E-state index contributed by atoms with van der Waals surface area (Å²) in [5.74, 6) is -2.87. The molecule has 0 radical (unpaired) electrons. The first-order valence-electron chi connectivity index (χ1n) is 9.17. The van der Waals surface area contributed by atoms with Gasteiger partial charge in [0.1, 0.15) is 5.54 Å². The van der Waals surface area contributed by atoms with Crippen molar-refractivity contribution in [2.45, 2.75) is 18.5 Å². The number of imide groups is 1. The number of nitrogens with zero attached hydrogens (tertiary/aromatic N) is 2. The van der Waals surface area contributed by atoms with Crippen LogP contribution in [0.4, 0.5) is 17.1 Å². The first-order valence-corrected chi connectivity index (χ1v) is 9.17. The van der Waals surface area contributed by atoms with Crippen molar-refractivity contribution in [3.63, 3.8) is 0 Å². The van der Waals surface area contributed by atoms with Crippen molar-refractivity contribution in [3.05, 3.63) is 64.2 Å². The molecule has 5 rings (SSSR count). The summed E-state index contributed by atoms with van der Waals surface area (Å²) >= 11 is 0. The molecule has 3 amide bonds. The van der Waals surface area contributed by atoms with Crippen molar-refractivity contribution in [2.75, 3.05) is 10.2 Å². The van der Waals surface area contributed by atoms with Gasteiger partial charge < -0.3 is 5.32 Å². The van der Waals surface area contributed by atoms with E-state index >= 15 is 0 Å². The van der Waals surface area contributed by atoms with Crippen LogP contribution in [-0.2, 0) is 19.9 Å². The average Bonchev–Trinajstić information content (AvgIpc) is 3.26. The molecule has 3 aliphatic heterocycles. The highest BCUT2D eigenvalue weighted by Crippen LogP contribution is 2.53. The smallest absolute Gasteiger partial charge is 0.269 e. The van der Waals surface area contributed by atoms with Crippen LogP contribution in [0.25, 0.3) is 0 Å². The van der Waals surface area contributed by atoms with E-state index in [-0.39, 0.29) is 17.3 Å². The molecule has 2 N–H and O–H groups in total. The molecule has 9 nitrogen and oxygen atoms in total. The van der Waals surface area contributed by atoms with Gasteiger partial charge in [0, 0.05) is 29.4 Å². The van der Waals surface area contributed by atoms with Crippen molar-refractivity contribution >= 4 is 34.8 Å². The van der Waals surface area contributed by atoms with Crippen LogP contribution in [0.5, 0.6) is 0 Å². The third-order valence-corrected chi connectivity index (χ3v) is 6.09. The zero-order valence-electron chi connectivity index (χ0n) is 15.3. The van der Waals surface area contributed by atoms with E-state index in [2.05, 4.69) is 10.6 Å². The lowest BCUT2D eigenvalue weighted by atomic mass is 9.76. The Kier molecular flexibility index (Phi) is 3.45. The normalized spacial score (nSPS) is 29.9. The van der Waals surface area contributed by atoms with E-state index in [9.17, 15) is 24.5 Å². The SMILES string of the molecule is C[C@H]1N[C@]2(C(=O)Nc3ccccc32)[C@@H]2C(=O)N(c3ccc([N+](=O)[O-])cc3)C(=O)[C@@H]21. The van der Waals surface area contributed by atoms with Gasteiger partial charge in [0.2, 0.25) is 17.7 Å². The molecule has 9 heteroatoms. The Morgan fingerprint density at radius 3 is 2.41 bits per heavy atom. The van der Waals surface area contributed by atoms with Crippen LogP contribution >= 0.6 is 0 Å². The molecule has 1 spiro atoms. The number of nitro groups is 1. The highest BCUT2D eigenvalue weighted by atomic mass is 16.6. The second kappa shape index (κ2) is 5.71. The highest BCUT2D eigenvalue weighted by molar-refractivity contribution is 6.25. The lowest BCUT2D eigenvalue weighted by Crippen LogP contribution is -2.53. The maximum atomic E-state index is 13.4. The van der Waals surface area contributed by atoms with E-state index in [1.165, 1.54) is 24.3 Å². The minimum absolute atomic E-state index is 0.136. The minimum Gasteiger partial charge on any atom is -0.324 e. The van der Waals surface area contributed by atoms with Crippen LogP contribution in [0, 0.1) is 22.0 Å². The van der Waals surface area contributed by atoms with E-state index in [1.807, 2.05) is 0 Å². The summed E-state index contributed by atoms with van der Waals surface area (Å²) in [5, 5.41) is 16.9. The molecule has 0 aromatic heterocycles. The summed E-state index contributed by atoms with van der Waals surface area (Å²) in [7, 11) is 0. The van der Waals surface area contributed by atoms with Crippen molar-refractivity contribution in [2.24, 2.45) is 11.8 Å². The monoisotopic (exact) mass is 392 g/mol. The number of hydrogen-bond donors (Lipinski definition) is 2. The fourth-order valence-corrected chi connectivity index (χ4v) is 4.90. The van der Waals surface area contributed by atoms with E-state index in [0.717, 1.165) is 4.90 Å². The molecule has 2 aromatic rings. The molecular weight excluding hydrogens is 376 g/mol. The van der Waals surface area contributed by atoms with Crippen LogP contribution < -0.4 is 15.5 Å².